The second kappa shape index (κ2) is 6.48. The van der Waals surface area contributed by atoms with Crippen LogP contribution in [0.2, 0.25) is 0 Å². The molecule has 0 unspecified atom stereocenters. The fraction of sp³-hybridized carbons (Fsp3) is 0.611. The highest BCUT2D eigenvalue weighted by Crippen LogP contribution is 2.40. The summed E-state index contributed by atoms with van der Waals surface area (Å²) in [5.74, 6) is -0.254. The molecular formula is C18H26FN3O. The van der Waals surface area contributed by atoms with E-state index in [0.29, 0.717) is 5.41 Å². The van der Waals surface area contributed by atoms with Crippen molar-refractivity contribution in [2.24, 2.45) is 5.41 Å². The molecule has 5 heteroatoms. The van der Waals surface area contributed by atoms with Crippen molar-refractivity contribution in [3.63, 3.8) is 0 Å². The number of rotatable bonds is 2. The minimum Gasteiger partial charge on any atom is -0.331 e. The van der Waals surface area contributed by atoms with Gasteiger partial charge in [-0.3, -0.25) is 0 Å². The van der Waals surface area contributed by atoms with Gasteiger partial charge in [0.2, 0.25) is 0 Å². The Labute approximate surface area is 137 Å². The van der Waals surface area contributed by atoms with Crippen molar-refractivity contribution in [1.29, 1.82) is 0 Å². The Bertz CT molecular complexity index is 552. The van der Waals surface area contributed by atoms with Crippen LogP contribution in [0.1, 0.15) is 37.8 Å². The van der Waals surface area contributed by atoms with Gasteiger partial charge in [0.15, 0.2) is 0 Å². The summed E-state index contributed by atoms with van der Waals surface area (Å²) in [5, 5.41) is 3.04. The van der Waals surface area contributed by atoms with E-state index in [1.807, 2.05) is 11.8 Å². The predicted molar refractivity (Wildman–Crippen MR) is 88.7 cm³/mol. The summed E-state index contributed by atoms with van der Waals surface area (Å²) in [6, 6.07) is 6.20. The quantitative estimate of drug-likeness (QED) is 0.909. The van der Waals surface area contributed by atoms with E-state index >= 15 is 0 Å². The summed E-state index contributed by atoms with van der Waals surface area (Å²) in [5.41, 5.74) is 1.25. The molecule has 0 bridgehead atoms. The van der Waals surface area contributed by atoms with Crippen molar-refractivity contribution in [3.05, 3.63) is 35.6 Å². The number of urea groups is 1. The highest BCUT2D eigenvalue weighted by atomic mass is 19.1. The molecular weight excluding hydrogens is 293 g/mol. The Hall–Kier alpha value is -1.62. The van der Waals surface area contributed by atoms with E-state index in [4.69, 9.17) is 0 Å². The largest absolute Gasteiger partial charge is 0.331 e. The molecule has 2 aliphatic rings. The van der Waals surface area contributed by atoms with Crippen LogP contribution in [0.4, 0.5) is 9.18 Å². The van der Waals surface area contributed by atoms with Crippen LogP contribution in [0, 0.1) is 11.2 Å². The summed E-state index contributed by atoms with van der Waals surface area (Å²) in [7, 11) is 2.16. The number of benzene rings is 1. The van der Waals surface area contributed by atoms with Crippen molar-refractivity contribution in [2.45, 2.75) is 32.2 Å². The molecule has 1 spiro atoms. The molecule has 1 aromatic carbocycles. The molecule has 2 fully saturated rings. The Kier molecular flexibility index (Phi) is 4.57. The first-order chi connectivity index (χ1) is 11.0. The van der Waals surface area contributed by atoms with Crippen molar-refractivity contribution in [1.82, 2.24) is 15.1 Å². The molecule has 0 saturated carbocycles. The van der Waals surface area contributed by atoms with Crippen LogP contribution >= 0.6 is 0 Å². The van der Waals surface area contributed by atoms with Crippen LogP contribution in [0.3, 0.4) is 0 Å². The zero-order valence-electron chi connectivity index (χ0n) is 14.0. The highest BCUT2D eigenvalue weighted by Gasteiger charge is 2.41. The number of hydrogen-bond acceptors (Lipinski definition) is 2. The monoisotopic (exact) mass is 319 g/mol. The van der Waals surface area contributed by atoms with E-state index in [2.05, 4.69) is 17.3 Å². The number of nitrogens with one attached hydrogen (secondary N) is 1. The molecule has 1 N–H and O–H groups in total. The topological polar surface area (TPSA) is 35.6 Å². The molecule has 2 heterocycles. The number of hydrogen-bond donors (Lipinski definition) is 1. The average Bonchev–Trinajstić information content (AvgIpc) is 2.95. The highest BCUT2D eigenvalue weighted by molar-refractivity contribution is 5.75. The number of nitrogens with zero attached hydrogens (tertiary/aromatic N) is 2. The molecule has 1 aromatic rings. The van der Waals surface area contributed by atoms with Crippen molar-refractivity contribution in [2.75, 3.05) is 33.2 Å². The molecule has 1 atom stereocenters. The van der Waals surface area contributed by atoms with Gasteiger partial charge in [-0.25, -0.2) is 9.18 Å². The third kappa shape index (κ3) is 3.66. The lowest BCUT2D eigenvalue weighted by Crippen LogP contribution is -2.43. The lowest BCUT2D eigenvalue weighted by Gasteiger charge is -2.37. The SMILES string of the molecule is C[C@@H](NC(=O)N1CCC2(CCN(C)CC2)C1)c1ccc(F)cc1. The number of likely N-dealkylation sites (tertiary alicyclic amines) is 2. The average molecular weight is 319 g/mol. The van der Waals surface area contributed by atoms with Gasteiger partial charge in [0.1, 0.15) is 5.82 Å². The molecule has 0 aliphatic carbocycles. The lowest BCUT2D eigenvalue weighted by atomic mass is 9.78. The lowest BCUT2D eigenvalue weighted by molar-refractivity contribution is 0.127. The Morgan fingerprint density at radius 1 is 1.17 bits per heavy atom. The van der Waals surface area contributed by atoms with Gasteiger partial charge in [-0.15, -0.1) is 0 Å². The summed E-state index contributed by atoms with van der Waals surface area (Å²) < 4.78 is 13.0. The standard InChI is InChI=1S/C18H26FN3O/c1-14(15-3-5-16(19)6-4-15)20-17(23)22-12-9-18(13-22)7-10-21(2)11-8-18/h3-6,14H,7-13H2,1-2H3,(H,20,23)/t14-/m1/s1. The van der Waals surface area contributed by atoms with Gasteiger partial charge in [-0.1, -0.05) is 12.1 Å². The predicted octanol–water partition coefficient (Wildman–Crippen LogP) is 3.01. The van der Waals surface area contributed by atoms with Gasteiger partial charge in [0.25, 0.3) is 0 Å². The number of carbonyl (C=O) groups is 1. The van der Waals surface area contributed by atoms with E-state index in [1.54, 1.807) is 12.1 Å². The molecule has 2 saturated heterocycles. The van der Waals surface area contributed by atoms with Crippen LogP contribution in [0.5, 0.6) is 0 Å². The van der Waals surface area contributed by atoms with Crippen LogP contribution in [-0.4, -0.2) is 49.1 Å². The number of piperidine rings is 1. The van der Waals surface area contributed by atoms with Gasteiger partial charge < -0.3 is 15.1 Å². The fourth-order valence-electron chi connectivity index (χ4n) is 3.72. The fourth-order valence-corrected chi connectivity index (χ4v) is 3.72. The molecule has 3 rings (SSSR count). The van der Waals surface area contributed by atoms with Crippen molar-refractivity contribution < 1.29 is 9.18 Å². The van der Waals surface area contributed by atoms with E-state index in [0.717, 1.165) is 38.2 Å². The first-order valence-corrected chi connectivity index (χ1v) is 8.47. The number of amides is 2. The Morgan fingerprint density at radius 2 is 1.78 bits per heavy atom. The molecule has 2 amide bonds. The summed E-state index contributed by atoms with van der Waals surface area (Å²) in [6.45, 7) is 5.89. The maximum atomic E-state index is 13.0. The first kappa shape index (κ1) is 16.2. The maximum absolute atomic E-state index is 13.0. The van der Waals surface area contributed by atoms with Crippen molar-refractivity contribution >= 4 is 6.03 Å². The third-order valence-corrected chi connectivity index (χ3v) is 5.48. The molecule has 126 valence electrons. The van der Waals surface area contributed by atoms with Crippen LogP contribution in [0.15, 0.2) is 24.3 Å². The van der Waals surface area contributed by atoms with Crippen LogP contribution in [-0.2, 0) is 0 Å². The number of carbonyl (C=O) groups excluding carboxylic acids is 1. The van der Waals surface area contributed by atoms with E-state index in [1.165, 1.54) is 25.0 Å². The van der Waals surface area contributed by atoms with Crippen LogP contribution in [0.25, 0.3) is 0 Å². The van der Waals surface area contributed by atoms with Crippen molar-refractivity contribution in [3.8, 4) is 0 Å². The van der Waals surface area contributed by atoms with Gasteiger partial charge in [0.05, 0.1) is 6.04 Å². The minimum absolute atomic E-state index is 0.00220. The Balaban J connectivity index is 1.56. The molecule has 4 nitrogen and oxygen atoms in total. The summed E-state index contributed by atoms with van der Waals surface area (Å²) >= 11 is 0. The van der Waals surface area contributed by atoms with E-state index < -0.39 is 0 Å². The summed E-state index contributed by atoms with van der Waals surface area (Å²) in [6.07, 6.45) is 3.47. The second-order valence-corrected chi connectivity index (χ2v) is 7.20. The Morgan fingerprint density at radius 3 is 2.43 bits per heavy atom. The third-order valence-electron chi connectivity index (χ3n) is 5.48. The first-order valence-electron chi connectivity index (χ1n) is 8.47. The van der Waals surface area contributed by atoms with Gasteiger partial charge in [0, 0.05) is 13.1 Å². The molecule has 0 radical (unpaired) electrons. The normalized spacial score (nSPS) is 22.3. The molecule has 0 aromatic heterocycles. The van der Waals surface area contributed by atoms with Crippen LogP contribution < -0.4 is 5.32 Å². The van der Waals surface area contributed by atoms with E-state index in [-0.39, 0.29) is 17.9 Å². The van der Waals surface area contributed by atoms with Gasteiger partial charge >= 0.3 is 6.03 Å². The molecule has 2 aliphatic heterocycles. The van der Waals surface area contributed by atoms with Gasteiger partial charge in [-0.05, 0) is 69.4 Å². The smallest absolute Gasteiger partial charge is 0.317 e. The minimum atomic E-state index is -0.254. The number of halogens is 1. The summed E-state index contributed by atoms with van der Waals surface area (Å²) in [4.78, 5) is 16.8. The van der Waals surface area contributed by atoms with E-state index in [9.17, 15) is 9.18 Å². The zero-order chi connectivity index (χ0) is 16.4. The zero-order valence-corrected chi connectivity index (χ0v) is 14.0. The van der Waals surface area contributed by atoms with Gasteiger partial charge in [-0.2, -0.15) is 0 Å². The molecule has 23 heavy (non-hydrogen) atoms. The second-order valence-electron chi connectivity index (χ2n) is 7.20. The maximum Gasteiger partial charge on any atom is 0.317 e.